The number of unbranched alkanes of at least 4 members (excludes halogenated alkanes) is 7. The summed E-state index contributed by atoms with van der Waals surface area (Å²) >= 11 is 0. The number of amides is 1. The molecule has 0 aliphatic heterocycles. The maximum Gasteiger partial charge on any atom is 0.217 e. The van der Waals surface area contributed by atoms with Crippen LogP contribution in [0.4, 0.5) is 4.39 Å². The summed E-state index contributed by atoms with van der Waals surface area (Å²) in [7, 11) is 0. The van der Waals surface area contributed by atoms with Gasteiger partial charge in [0.05, 0.1) is 24.6 Å². The van der Waals surface area contributed by atoms with E-state index < -0.39 is 30.8 Å². The number of allylic oxidation sites excluding steroid dienone is 2. The molecule has 26 heavy (non-hydrogen) atoms. The molecule has 0 aliphatic rings. The van der Waals surface area contributed by atoms with Gasteiger partial charge >= 0.3 is 0 Å². The maximum atomic E-state index is 13.7. The Kier molecular flexibility index (Phi) is 15.6. The van der Waals surface area contributed by atoms with Crippen molar-refractivity contribution in [3.8, 4) is 0 Å². The van der Waals surface area contributed by atoms with Crippen LogP contribution in [0.25, 0.3) is 0 Å². The fourth-order valence-electron chi connectivity index (χ4n) is 2.88. The highest BCUT2D eigenvalue weighted by atomic mass is 19.1. The molecule has 4 N–H and O–H groups in total. The minimum absolute atomic E-state index is 0.182. The van der Waals surface area contributed by atoms with E-state index in [0.29, 0.717) is 6.42 Å². The molecular weight excluding hydrogens is 337 g/mol. The Morgan fingerprint density at radius 2 is 1.69 bits per heavy atom. The van der Waals surface area contributed by atoms with Gasteiger partial charge in [0.25, 0.3) is 0 Å². The van der Waals surface area contributed by atoms with Gasteiger partial charge in [-0.2, -0.15) is 0 Å². The molecule has 0 saturated heterocycles. The number of rotatable bonds is 16. The lowest BCUT2D eigenvalue weighted by Gasteiger charge is -2.25. The topological polar surface area (TPSA) is 89.8 Å². The number of aliphatic hydroxyl groups excluding tert-OH is 3. The molecule has 0 spiro atoms. The Morgan fingerprint density at radius 1 is 1.08 bits per heavy atom. The molecule has 0 aromatic heterocycles. The van der Waals surface area contributed by atoms with Crippen LogP contribution in [0, 0.1) is 0 Å². The molecule has 6 heteroatoms. The van der Waals surface area contributed by atoms with Crippen LogP contribution in [0.3, 0.4) is 0 Å². The molecule has 0 aliphatic carbocycles. The standard InChI is InChI=1S/C20H38FNO4/c1-3-4-5-6-7-8-9-10-12-17(21)13-11-14-19(25)20(26)18(15-23)22-16(2)24/h12,18-20,23,25-26H,3-11,13-15H2,1-2H3,(H,22,24)/b17-12-/t18-,19+,20-/m0/s1. The van der Waals surface area contributed by atoms with Crippen LogP contribution in [0.1, 0.15) is 84.5 Å². The fraction of sp³-hybridized carbons (Fsp3) is 0.850. The Bertz CT molecular complexity index is 390. The summed E-state index contributed by atoms with van der Waals surface area (Å²) < 4.78 is 13.7. The van der Waals surface area contributed by atoms with Crippen LogP contribution in [-0.4, -0.2) is 46.1 Å². The van der Waals surface area contributed by atoms with Crippen LogP contribution in [0.2, 0.25) is 0 Å². The zero-order chi connectivity index (χ0) is 19.8. The van der Waals surface area contributed by atoms with Crippen molar-refractivity contribution in [3.05, 3.63) is 11.9 Å². The van der Waals surface area contributed by atoms with E-state index in [-0.39, 0.29) is 18.7 Å². The Morgan fingerprint density at radius 3 is 2.27 bits per heavy atom. The third-order valence-corrected chi connectivity index (χ3v) is 4.48. The number of nitrogens with one attached hydrogen (secondary N) is 1. The number of halogens is 1. The van der Waals surface area contributed by atoms with E-state index in [2.05, 4.69) is 12.2 Å². The normalized spacial score (nSPS) is 15.5. The van der Waals surface area contributed by atoms with Crippen LogP contribution < -0.4 is 5.32 Å². The molecule has 5 nitrogen and oxygen atoms in total. The smallest absolute Gasteiger partial charge is 0.217 e. The monoisotopic (exact) mass is 375 g/mol. The van der Waals surface area contributed by atoms with E-state index in [4.69, 9.17) is 5.11 Å². The summed E-state index contributed by atoms with van der Waals surface area (Å²) in [6.45, 7) is 3.00. The first-order valence-electron chi connectivity index (χ1n) is 10.0. The second kappa shape index (κ2) is 16.2. The number of carbonyl (C=O) groups is 1. The van der Waals surface area contributed by atoms with Crippen LogP contribution in [0.15, 0.2) is 11.9 Å². The molecule has 0 bridgehead atoms. The Hall–Kier alpha value is -0.980. The van der Waals surface area contributed by atoms with Gasteiger partial charge in [-0.1, -0.05) is 51.5 Å². The van der Waals surface area contributed by atoms with Gasteiger partial charge in [-0.25, -0.2) is 4.39 Å². The summed E-state index contributed by atoms with van der Waals surface area (Å²) in [5.74, 6) is -0.576. The van der Waals surface area contributed by atoms with Crippen LogP contribution >= 0.6 is 0 Å². The average Bonchev–Trinajstić information content (AvgIpc) is 2.61. The molecule has 0 saturated carbocycles. The quantitative estimate of drug-likeness (QED) is 0.311. The van der Waals surface area contributed by atoms with Crippen molar-refractivity contribution in [1.29, 1.82) is 0 Å². The number of aliphatic hydroxyl groups is 3. The Balaban J connectivity index is 3.87. The molecule has 0 fully saturated rings. The zero-order valence-corrected chi connectivity index (χ0v) is 16.4. The van der Waals surface area contributed by atoms with Crippen molar-refractivity contribution in [3.63, 3.8) is 0 Å². The minimum atomic E-state index is -1.27. The highest BCUT2D eigenvalue weighted by Gasteiger charge is 2.26. The summed E-state index contributed by atoms with van der Waals surface area (Å²) in [5, 5.41) is 31.4. The van der Waals surface area contributed by atoms with Gasteiger partial charge in [-0.05, 0) is 32.1 Å². The lowest BCUT2D eigenvalue weighted by molar-refractivity contribution is -0.122. The lowest BCUT2D eigenvalue weighted by atomic mass is 10.0. The van der Waals surface area contributed by atoms with Gasteiger partial charge in [0, 0.05) is 6.92 Å². The largest absolute Gasteiger partial charge is 0.394 e. The number of hydrogen-bond acceptors (Lipinski definition) is 4. The van der Waals surface area contributed by atoms with Gasteiger partial charge in [0.2, 0.25) is 5.91 Å². The van der Waals surface area contributed by atoms with E-state index in [1.54, 1.807) is 6.08 Å². The van der Waals surface area contributed by atoms with Crippen molar-refractivity contribution in [1.82, 2.24) is 5.32 Å². The van der Waals surface area contributed by atoms with E-state index >= 15 is 0 Å². The first kappa shape index (κ1) is 25.0. The average molecular weight is 376 g/mol. The van der Waals surface area contributed by atoms with E-state index in [1.165, 1.54) is 39.0 Å². The first-order chi connectivity index (χ1) is 12.4. The second-order valence-corrected chi connectivity index (χ2v) is 7.00. The van der Waals surface area contributed by atoms with Crippen molar-refractivity contribution in [2.45, 2.75) is 103 Å². The highest BCUT2D eigenvalue weighted by Crippen LogP contribution is 2.15. The van der Waals surface area contributed by atoms with E-state index in [0.717, 1.165) is 19.3 Å². The predicted octanol–water partition coefficient (Wildman–Crippen LogP) is 3.37. The first-order valence-corrected chi connectivity index (χ1v) is 10.0. The third kappa shape index (κ3) is 13.3. The SMILES string of the molecule is CCCCCCCCC/C=C(\F)CCC[C@@H](O)[C@@H](O)[C@H](CO)NC(C)=O. The summed E-state index contributed by atoms with van der Waals surface area (Å²) in [5.41, 5.74) is 0. The molecule has 1 amide bonds. The molecule has 0 heterocycles. The summed E-state index contributed by atoms with van der Waals surface area (Å²) in [6, 6.07) is -0.916. The minimum Gasteiger partial charge on any atom is -0.394 e. The molecular formula is C20H38FNO4. The van der Waals surface area contributed by atoms with Crippen molar-refractivity contribution in [2.24, 2.45) is 0 Å². The zero-order valence-electron chi connectivity index (χ0n) is 16.4. The Labute approximate surface area is 157 Å². The van der Waals surface area contributed by atoms with E-state index in [1.807, 2.05) is 0 Å². The molecule has 0 unspecified atom stereocenters. The second-order valence-electron chi connectivity index (χ2n) is 7.00. The summed E-state index contributed by atoms with van der Waals surface area (Å²) in [6.07, 6.45) is 9.20. The van der Waals surface area contributed by atoms with Gasteiger partial charge in [-0.3, -0.25) is 4.79 Å². The van der Waals surface area contributed by atoms with Crippen molar-refractivity contribution in [2.75, 3.05) is 6.61 Å². The molecule has 0 aromatic rings. The van der Waals surface area contributed by atoms with E-state index in [9.17, 15) is 19.4 Å². The highest BCUT2D eigenvalue weighted by molar-refractivity contribution is 5.73. The van der Waals surface area contributed by atoms with Gasteiger partial charge in [-0.15, -0.1) is 0 Å². The third-order valence-electron chi connectivity index (χ3n) is 4.48. The molecule has 0 aromatic carbocycles. The number of hydrogen-bond donors (Lipinski definition) is 4. The number of carbonyl (C=O) groups excluding carboxylic acids is 1. The van der Waals surface area contributed by atoms with Crippen LogP contribution in [0.5, 0.6) is 0 Å². The van der Waals surface area contributed by atoms with Gasteiger partial charge < -0.3 is 20.6 Å². The fourth-order valence-corrected chi connectivity index (χ4v) is 2.88. The predicted molar refractivity (Wildman–Crippen MR) is 102 cm³/mol. The molecule has 0 rings (SSSR count). The van der Waals surface area contributed by atoms with Crippen molar-refractivity contribution >= 4 is 5.91 Å². The maximum absolute atomic E-state index is 13.7. The molecule has 0 radical (unpaired) electrons. The molecule has 154 valence electrons. The van der Waals surface area contributed by atoms with Crippen LogP contribution in [-0.2, 0) is 4.79 Å². The van der Waals surface area contributed by atoms with Crippen molar-refractivity contribution < 1.29 is 24.5 Å². The lowest BCUT2D eigenvalue weighted by Crippen LogP contribution is -2.50. The van der Waals surface area contributed by atoms with Gasteiger partial charge in [0.15, 0.2) is 0 Å². The van der Waals surface area contributed by atoms with Gasteiger partial charge in [0.1, 0.15) is 6.10 Å². The molecule has 3 atom stereocenters. The summed E-state index contributed by atoms with van der Waals surface area (Å²) in [4.78, 5) is 11.0.